The van der Waals surface area contributed by atoms with E-state index in [0.717, 1.165) is 27.4 Å². The lowest BCUT2D eigenvalue weighted by molar-refractivity contribution is -0.140. The first-order valence-electron chi connectivity index (χ1n) is 13.5. The van der Waals surface area contributed by atoms with Crippen molar-refractivity contribution in [2.45, 2.75) is 64.9 Å². The second-order valence-electron chi connectivity index (χ2n) is 10.0. The van der Waals surface area contributed by atoms with Crippen LogP contribution in [0.4, 0.5) is 10.1 Å². The summed E-state index contributed by atoms with van der Waals surface area (Å²) in [4.78, 5) is 28.6. The van der Waals surface area contributed by atoms with Gasteiger partial charge in [0, 0.05) is 13.1 Å². The maximum absolute atomic E-state index is 14.0. The summed E-state index contributed by atoms with van der Waals surface area (Å²) in [5.41, 5.74) is 3.58. The van der Waals surface area contributed by atoms with E-state index in [-0.39, 0.29) is 17.3 Å². The zero-order chi connectivity index (χ0) is 29.4. The van der Waals surface area contributed by atoms with Crippen LogP contribution in [0.25, 0.3) is 0 Å². The van der Waals surface area contributed by atoms with Gasteiger partial charge in [0.25, 0.3) is 10.0 Å². The maximum atomic E-state index is 14.0. The minimum Gasteiger partial charge on any atom is -0.354 e. The van der Waals surface area contributed by atoms with Crippen LogP contribution >= 0.6 is 0 Å². The summed E-state index contributed by atoms with van der Waals surface area (Å²) in [6, 6.07) is 16.7. The molecule has 1 atom stereocenters. The fourth-order valence-corrected chi connectivity index (χ4v) is 5.93. The Balaban J connectivity index is 2.08. The number of rotatable bonds is 12. The van der Waals surface area contributed by atoms with Crippen molar-refractivity contribution in [2.24, 2.45) is 0 Å². The van der Waals surface area contributed by atoms with E-state index in [0.29, 0.717) is 24.2 Å². The van der Waals surface area contributed by atoms with Crippen molar-refractivity contribution in [3.05, 3.63) is 94.8 Å². The van der Waals surface area contributed by atoms with Gasteiger partial charge in [-0.2, -0.15) is 0 Å². The van der Waals surface area contributed by atoms with Gasteiger partial charge in [0.15, 0.2) is 0 Å². The standard InChI is InChI=1S/C31H38FN3O4S/c1-6-16-33-31(37)29(7-2)34(20-25-10-12-26(32)13-11-25)30(36)21-35(27-18-23(4)17-24(5)19-27)40(38,39)28-14-8-22(3)9-15-28/h8-15,17-19,29H,6-7,16,20-21H2,1-5H3,(H,33,37). The van der Waals surface area contributed by atoms with E-state index in [2.05, 4.69) is 5.32 Å². The molecule has 9 heteroatoms. The quantitative estimate of drug-likeness (QED) is 0.323. The summed E-state index contributed by atoms with van der Waals surface area (Å²) in [5.74, 6) is -1.28. The number of benzene rings is 3. The molecule has 3 rings (SSSR count). The second-order valence-corrected chi connectivity index (χ2v) is 11.9. The van der Waals surface area contributed by atoms with Crippen LogP contribution in [0.1, 0.15) is 48.9 Å². The molecule has 2 amide bonds. The number of hydrogen-bond acceptors (Lipinski definition) is 4. The molecule has 1 N–H and O–H groups in total. The number of anilines is 1. The molecule has 0 aliphatic rings. The molecule has 7 nitrogen and oxygen atoms in total. The molecule has 0 heterocycles. The van der Waals surface area contributed by atoms with E-state index in [4.69, 9.17) is 0 Å². The molecule has 1 unspecified atom stereocenters. The highest BCUT2D eigenvalue weighted by Gasteiger charge is 2.33. The van der Waals surface area contributed by atoms with E-state index in [1.54, 1.807) is 43.3 Å². The third kappa shape index (κ3) is 7.69. The van der Waals surface area contributed by atoms with E-state index in [9.17, 15) is 22.4 Å². The molecule has 0 spiro atoms. The van der Waals surface area contributed by atoms with Crippen LogP contribution in [0.2, 0.25) is 0 Å². The van der Waals surface area contributed by atoms with Crippen LogP contribution in [0, 0.1) is 26.6 Å². The molecular formula is C31H38FN3O4S. The van der Waals surface area contributed by atoms with Crippen LogP contribution in [0.15, 0.2) is 71.6 Å². The fraction of sp³-hybridized carbons (Fsp3) is 0.355. The van der Waals surface area contributed by atoms with Gasteiger partial charge in [-0.15, -0.1) is 0 Å². The fourth-order valence-electron chi connectivity index (χ4n) is 4.53. The van der Waals surface area contributed by atoms with Crippen LogP contribution in [-0.4, -0.2) is 44.3 Å². The van der Waals surface area contributed by atoms with Crippen LogP contribution in [-0.2, 0) is 26.2 Å². The Labute approximate surface area is 237 Å². The lowest BCUT2D eigenvalue weighted by Gasteiger charge is -2.33. The number of nitrogens with zero attached hydrogens (tertiary/aromatic N) is 2. The van der Waals surface area contributed by atoms with Crippen molar-refractivity contribution in [1.82, 2.24) is 10.2 Å². The number of halogens is 1. The molecule has 0 aliphatic heterocycles. The first-order chi connectivity index (χ1) is 19.0. The molecule has 0 fully saturated rings. The largest absolute Gasteiger partial charge is 0.354 e. The van der Waals surface area contributed by atoms with Crippen molar-refractivity contribution in [3.63, 3.8) is 0 Å². The van der Waals surface area contributed by atoms with Crippen LogP contribution in [0.3, 0.4) is 0 Å². The zero-order valence-electron chi connectivity index (χ0n) is 23.8. The van der Waals surface area contributed by atoms with Crippen LogP contribution < -0.4 is 9.62 Å². The minimum atomic E-state index is -4.14. The summed E-state index contributed by atoms with van der Waals surface area (Å²) < 4.78 is 42.6. The van der Waals surface area contributed by atoms with Crippen LogP contribution in [0.5, 0.6) is 0 Å². The summed E-state index contributed by atoms with van der Waals surface area (Å²) >= 11 is 0. The van der Waals surface area contributed by atoms with Gasteiger partial charge in [0.2, 0.25) is 11.8 Å². The lowest BCUT2D eigenvalue weighted by Crippen LogP contribution is -2.52. The topological polar surface area (TPSA) is 86.8 Å². The maximum Gasteiger partial charge on any atom is 0.264 e. The smallest absolute Gasteiger partial charge is 0.264 e. The summed E-state index contributed by atoms with van der Waals surface area (Å²) in [6.07, 6.45) is 1.04. The van der Waals surface area contributed by atoms with E-state index >= 15 is 0 Å². The molecule has 40 heavy (non-hydrogen) atoms. The molecule has 0 saturated carbocycles. The number of carbonyl (C=O) groups excluding carboxylic acids is 2. The molecule has 214 valence electrons. The van der Waals surface area contributed by atoms with Crippen molar-refractivity contribution in [1.29, 1.82) is 0 Å². The Morgan fingerprint density at radius 2 is 1.48 bits per heavy atom. The molecule has 3 aromatic carbocycles. The number of sulfonamides is 1. The van der Waals surface area contributed by atoms with Gasteiger partial charge in [0.1, 0.15) is 18.4 Å². The SMILES string of the molecule is CCCNC(=O)C(CC)N(Cc1ccc(F)cc1)C(=O)CN(c1cc(C)cc(C)c1)S(=O)(=O)c1ccc(C)cc1. The normalized spacial score (nSPS) is 12.1. The summed E-state index contributed by atoms with van der Waals surface area (Å²) in [5, 5.41) is 2.85. The number of nitrogens with one attached hydrogen (secondary N) is 1. The zero-order valence-corrected chi connectivity index (χ0v) is 24.6. The minimum absolute atomic E-state index is 0.0163. The van der Waals surface area contributed by atoms with E-state index < -0.39 is 34.3 Å². The van der Waals surface area contributed by atoms with Gasteiger partial charge in [-0.05, 0) is 86.7 Å². The molecule has 0 aliphatic carbocycles. The molecule has 0 saturated heterocycles. The highest BCUT2D eigenvalue weighted by molar-refractivity contribution is 7.92. The van der Waals surface area contributed by atoms with Crippen molar-refractivity contribution < 1.29 is 22.4 Å². The lowest BCUT2D eigenvalue weighted by atomic mass is 10.1. The summed E-state index contributed by atoms with van der Waals surface area (Å²) in [7, 11) is -4.14. The van der Waals surface area contributed by atoms with Crippen molar-refractivity contribution >= 4 is 27.5 Å². The van der Waals surface area contributed by atoms with Gasteiger partial charge in [-0.25, -0.2) is 12.8 Å². The number of hydrogen-bond donors (Lipinski definition) is 1. The number of aryl methyl sites for hydroxylation is 3. The van der Waals surface area contributed by atoms with Gasteiger partial charge in [-0.3, -0.25) is 13.9 Å². The summed E-state index contributed by atoms with van der Waals surface area (Å²) in [6.45, 7) is 9.27. The predicted octanol–water partition coefficient (Wildman–Crippen LogP) is 5.28. The monoisotopic (exact) mass is 567 g/mol. The van der Waals surface area contributed by atoms with Crippen molar-refractivity contribution in [3.8, 4) is 0 Å². The van der Waals surface area contributed by atoms with Gasteiger partial charge in [0.05, 0.1) is 10.6 Å². The third-order valence-corrected chi connectivity index (χ3v) is 8.37. The molecule has 0 radical (unpaired) electrons. The highest BCUT2D eigenvalue weighted by Crippen LogP contribution is 2.27. The Hall–Kier alpha value is -3.72. The first kappa shape index (κ1) is 30.8. The molecular weight excluding hydrogens is 529 g/mol. The predicted molar refractivity (Wildman–Crippen MR) is 156 cm³/mol. The number of amides is 2. The Morgan fingerprint density at radius 3 is 2.02 bits per heavy atom. The average molecular weight is 568 g/mol. The van der Waals surface area contributed by atoms with E-state index in [1.165, 1.54) is 29.2 Å². The van der Waals surface area contributed by atoms with E-state index in [1.807, 2.05) is 33.8 Å². The molecule has 3 aromatic rings. The van der Waals surface area contributed by atoms with Crippen molar-refractivity contribution in [2.75, 3.05) is 17.4 Å². The third-order valence-electron chi connectivity index (χ3n) is 6.58. The van der Waals surface area contributed by atoms with Gasteiger partial charge < -0.3 is 10.2 Å². The molecule has 0 aromatic heterocycles. The van der Waals surface area contributed by atoms with Gasteiger partial charge >= 0.3 is 0 Å². The first-order valence-corrected chi connectivity index (χ1v) is 14.9. The highest BCUT2D eigenvalue weighted by atomic mass is 32.2. The van der Waals surface area contributed by atoms with Gasteiger partial charge in [-0.1, -0.05) is 49.7 Å². The number of carbonyl (C=O) groups is 2. The average Bonchev–Trinajstić information content (AvgIpc) is 2.91. The molecule has 0 bridgehead atoms. The second kappa shape index (κ2) is 13.6. The Bertz CT molecular complexity index is 1400. The Morgan fingerprint density at radius 1 is 0.875 bits per heavy atom. The Kier molecular flexibility index (Phi) is 10.5.